The van der Waals surface area contributed by atoms with Crippen molar-refractivity contribution in [3.05, 3.63) is 51.7 Å². The average Bonchev–Trinajstić information content (AvgIpc) is 3.37. The zero-order valence-electron chi connectivity index (χ0n) is 14.9. The van der Waals surface area contributed by atoms with Crippen LogP contribution in [0.15, 0.2) is 41.1 Å². The van der Waals surface area contributed by atoms with Crippen LogP contribution in [0.1, 0.15) is 40.5 Å². The Bertz CT molecular complexity index is 895. The van der Waals surface area contributed by atoms with Crippen molar-refractivity contribution in [3.63, 3.8) is 0 Å². The van der Waals surface area contributed by atoms with Gasteiger partial charge in [-0.2, -0.15) is 11.3 Å². The number of hydrogen-bond acceptors (Lipinski definition) is 5. The molecule has 0 aliphatic carbocycles. The molecule has 3 aromatic rings. The first-order valence-electron chi connectivity index (χ1n) is 9.14. The molecule has 1 aromatic carbocycles. The maximum absolute atomic E-state index is 12.4. The second-order valence-corrected chi connectivity index (χ2v) is 8.54. The van der Waals surface area contributed by atoms with Crippen LogP contribution in [0.5, 0.6) is 0 Å². The molecule has 4 rings (SSSR count). The number of nitrogens with zero attached hydrogens (tertiary/aromatic N) is 2. The molecule has 0 spiro atoms. The summed E-state index contributed by atoms with van der Waals surface area (Å²) in [7, 11) is 0. The second-order valence-electron chi connectivity index (χ2n) is 6.69. The summed E-state index contributed by atoms with van der Waals surface area (Å²) in [5, 5.41) is 7.68. The van der Waals surface area contributed by atoms with E-state index in [1.165, 1.54) is 21.0 Å². The number of carbonyl (C=O) groups is 2. The van der Waals surface area contributed by atoms with Crippen molar-refractivity contribution in [1.29, 1.82) is 0 Å². The van der Waals surface area contributed by atoms with E-state index in [-0.39, 0.29) is 11.8 Å². The molecule has 1 saturated heterocycles. The lowest BCUT2D eigenvalue weighted by Crippen LogP contribution is -2.39. The van der Waals surface area contributed by atoms with Gasteiger partial charge in [0.25, 0.3) is 5.91 Å². The third kappa shape index (κ3) is 4.20. The zero-order valence-corrected chi connectivity index (χ0v) is 16.5. The predicted octanol–water partition coefficient (Wildman–Crippen LogP) is 3.88. The number of hydrogen-bond donors (Lipinski definition) is 1. The van der Waals surface area contributed by atoms with E-state index in [0.29, 0.717) is 24.4 Å². The van der Waals surface area contributed by atoms with E-state index >= 15 is 0 Å². The topological polar surface area (TPSA) is 62.3 Å². The van der Waals surface area contributed by atoms with Gasteiger partial charge in [-0.15, -0.1) is 11.3 Å². The summed E-state index contributed by atoms with van der Waals surface area (Å²) in [4.78, 5) is 31.0. The minimum Gasteiger partial charge on any atom is -0.351 e. The first-order valence-corrected chi connectivity index (χ1v) is 10.9. The highest BCUT2D eigenvalue weighted by atomic mass is 32.1. The first-order chi connectivity index (χ1) is 13.2. The Balaban J connectivity index is 1.25. The van der Waals surface area contributed by atoms with Crippen molar-refractivity contribution in [3.8, 4) is 0 Å². The molecule has 7 heteroatoms. The number of benzene rings is 1. The molecule has 1 aliphatic rings. The Labute approximate surface area is 166 Å². The molecule has 0 atom stereocenters. The van der Waals surface area contributed by atoms with E-state index in [0.717, 1.165) is 31.4 Å². The monoisotopic (exact) mass is 399 g/mol. The molecule has 1 fully saturated rings. The van der Waals surface area contributed by atoms with E-state index in [4.69, 9.17) is 4.98 Å². The first kappa shape index (κ1) is 18.1. The Morgan fingerprint density at radius 1 is 1.19 bits per heavy atom. The number of thiophene rings is 1. The highest BCUT2D eigenvalue weighted by Crippen LogP contribution is 2.33. The van der Waals surface area contributed by atoms with Crippen LogP contribution in [0, 0.1) is 0 Å². The van der Waals surface area contributed by atoms with Gasteiger partial charge in [0.2, 0.25) is 5.91 Å². The number of aromatic nitrogens is 1. The SMILES string of the molecule is O=C(NCCC(=O)N1CCC(c2nc3ccccc3s2)CC1)c1ccsc1. The summed E-state index contributed by atoms with van der Waals surface area (Å²) >= 11 is 3.26. The van der Waals surface area contributed by atoms with Crippen molar-refractivity contribution in [2.75, 3.05) is 19.6 Å². The van der Waals surface area contributed by atoms with Gasteiger partial charge in [0.05, 0.1) is 15.2 Å². The highest BCUT2D eigenvalue weighted by molar-refractivity contribution is 7.18. The van der Waals surface area contributed by atoms with Gasteiger partial charge in [0.15, 0.2) is 0 Å². The summed E-state index contributed by atoms with van der Waals surface area (Å²) in [6.07, 6.45) is 2.25. The lowest BCUT2D eigenvalue weighted by atomic mass is 9.97. The third-order valence-electron chi connectivity index (χ3n) is 4.92. The molecule has 2 aromatic heterocycles. The average molecular weight is 400 g/mol. The van der Waals surface area contributed by atoms with E-state index < -0.39 is 0 Å². The molecular formula is C20H21N3O2S2. The second kappa shape index (κ2) is 8.19. The van der Waals surface area contributed by atoms with E-state index in [2.05, 4.69) is 17.4 Å². The van der Waals surface area contributed by atoms with E-state index in [9.17, 15) is 9.59 Å². The fraction of sp³-hybridized carbons (Fsp3) is 0.350. The number of para-hydroxylation sites is 1. The van der Waals surface area contributed by atoms with E-state index in [1.54, 1.807) is 17.4 Å². The molecule has 140 valence electrons. The molecule has 5 nitrogen and oxygen atoms in total. The number of likely N-dealkylation sites (tertiary alicyclic amines) is 1. The predicted molar refractivity (Wildman–Crippen MR) is 109 cm³/mol. The van der Waals surface area contributed by atoms with Crippen LogP contribution >= 0.6 is 22.7 Å². The molecule has 1 aliphatic heterocycles. The van der Waals surface area contributed by atoms with Crippen molar-refractivity contribution in [1.82, 2.24) is 15.2 Å². The van der Waals surface area contributed by atoms with Crippen molar-refractivity contribution in [2.24, 2.45) is 0 Å². The van der Waals surface area contributed by atoms with Crippen LogP contribution < -0.4 is 5.32 Å². The van der Waals surface area contributed by atoms with Gasteiger partial charge in [0, 0.05) is 42.9 Å². The van der Waals surface area contributed by atoms with Crippen molar-refractivity contribution >= 4 is 44.7 Å². The van der Waals surface area contributed by atoms with Crippen LogP contribution in [0.25, 0.3) is 10.2 Å². The number of rotatable bonds is 5. The quantitative estimate of drug-likeness (QED) is 0.708. The Morgan fingerprint density at radius 2 is 2.00 bits per heavy atom. The van der Waals surface area contributed by atoms with E-state index in [1.807, 2.05) is 27.8 Å². The van der Waals surface area contributed by atoms with Crippen LogP contribution in [0.4, 0.5) is 0 Å². The summed E-state index contributed by atoms with van der Waals surface area (Å²) in [5.74, 6) is 0.437. The van der Waals surface area contributed by atoms with Crippen LogP contribution in [0.3, 0.4) is 0 Å². The molecule has 1 N–H and O–H groups in total. The smallest absolute Gasteiger partial charge is 0.252 e. The molecule has 2 amide bonds. The number of thiazole rings is 1. The maximum Gasteiger partial charge on any atom is 0.252 e. The number of nitrogens with one attached hydrogen (secondary N) is 1. The number of fused-ring (bicyclic) bond motifs is 1. The van der Waals surface area contributed by atoms with Crippen molar-refractivity contribution in [2.45, 2.75) is 25.2 Å². The fourth-order valence-corrected chi connectivity index (χ4v) is 5.15. The normalized spacial score (nSPS) is 15.2. The summed E-state index contributed by atoms with van der Waals surface area (Å²) in [6.45, 7) is 1.90. The van der Waals surface area contributed by atoms with Gasteiger partial charge in [-0.3, -0.25) is 9.59 Å². The van der Waals surface area contributed by atoms with Crippen LogP contribution in [-0.4, -0.2) is 41.3 Å². The standard InChI is InChI=1S/C20H21N3O2S2/c24-18(5-9-21-19(25)15-8-12-26-13-15)23-10-6-14(7-11-23)20-22-16-3-1-2-4-17(16)27-20/h1-4,8,12-14H,5-7,9-11H2,(H,21,25). The number of piperidine rings is 1. The molecule has 0 radical (unpaired) electrons. The molecular weight excluding hydrogens is 378 g/mol. The summed E-state index contributed by atoms with van der Waals surface area (Å²) < 4.78 is 1.23. The van der Waals surface area contributed by atoms with Crippen LogP contribution in [0.2, 0.25) is 0 Å². The van der Waals surface area contributed by atoms with Crippen molar-refractivity contribution < 1.29 is 9.59 Å². The minimum atomic E-state index is -0.112. The Hall–Kier alpha value is -2.25. The van der Waals surface area contributed by atoms with Crippen LogP contribution in [-0.2, 0) is 4.79 Å². The third-order valence-corrected chi connectivity index (χ3v) is 6.80. The lowest BCUT2D eigenvalue weighted by molar-refractivity contribution is -0.132. The summed E-state index contributed by atoms with van der Waals surface area (Å²) in [5.41, 5.74) is 1.72. The van der Waals surface area contributed by atoms with Gasteiger partial charge in [-0.1, -0.05) is 12.1 Å². The lowest BCUT2D eigenvalue weighted by Gasteiger charge is -2.31. The molecule has 0 unspecified atom stereocenters. The number of amides is 2. The zero-order chi connectivity index (χ0) is 18.6. The maximum atomic E-state index is 12.4. The molecule has 3 heterocycles. The molecule has 27 heavy (non-hydrogen) atoms. The fourth-order valence-electron chi connectivity index (χ4n) is 3.38. The minimum absolute atomic E-state index is 0.112. The number of carbonyl (C=O) groups excluding carboxylic acids is 2. The molecule has 0 bridgehead atoms. The van der Waals surface area contributed by atoms with Gasteiger partial charge < -0.3 is 10.2 Å². The van der Waals surface area contributed by atoms with Gasteiger partial charge in [0.1, 0.15) is 0 Å². The van der Waals surface area contributed by atoms with Gasteiger partial charge >= 0.3 is 0 Å². The Kier molecular flexibility index (Phi) is 5.50. The van der Waals surface area contributed by atoms with Gasteiger partial charge in [-0.05, 0) is 36.4 Å². The molecule has 0 saturated carbocycles. The Morgan fingerprint density at radius 3 is 2.74 bits per heavy atom. The van der Waals surface area contributed by atoms with Gasteiger partial charge in [-0.25, -0.2) is 4.98 Å². The largest absolute Gasteiger partial charge is 0.351 e. The highest BCUT2D eigenvalue weighted by Gasteiger charge is 2.25. The summed E-state index contributed by atoms with van der Waals surface area (Å²) in [6, 6.07) is 10.0.